The first-order chi connectivity index (χ1) is 10.1. The standard InChI is InChI=1S/C15H19BrN4O/c1-10-14(15-19-18-11(2)21-15)4-3-5-20(10)9-12-6-13(16)8-17-7-12/h6-8,10,14H,3-5,9H2,1-2H3/t10-,14-/m0/s1. The molecule has 6 heteroatoms. The number of nitrogens with zero attached hydrogens (tertiary/aromatic N) is 4. The van der Waals surface area contributed by atoms with Gasteiger partial charge in [0.2, 0.25) is 11.8 Å². The minimum atomic E-state index is 0.320. The van der Waals surface area contributed by atoms with Crippen molar-refractivity contribution in [3.63, 3.8) is 0 Å². The Morgan fingerprint density at radius 1 is 1.38 bits per heavy atom. The molecule has 1 aliphatic heterocycles. The number of halogens is 1. The third kappa shape index (κ3) is 3.32. The number of likely N-dealkylation sites (tertiary alicyclic amines) is 1. The second-order valence-corrected chi connectivity index (χ2v) is 6.55. The van der Waals surface area contributed by atoms with Crippen molar-refractivity contribution in [2.45, 2.75) is 45.2 Å². The second kappa shape index (κ2) is 6.23. The number of pyridine rings is 1. The van der Waals surface area contributed by atoms with Crippen LogP contribution in [-0.2, 0) is 6.54 Å². The molecule has 0 N–H and O–H groups in total. The zero-order valence-corrected chi connectivity index (χ0v) is 13.9. The van der Waals surface area contributed by atoms with E-state index in [-0.39, 0.29) is 0 Å². The summed E-state index contributed by atoms with van der Waals surface area (Å²) in [5, 5.41) is 8.18. The van der Waals surface area contributed by atoms with E-state index in [0.29, 0.717) is 17.9 Å². The molecule has 5 nitrogen and oxygen atoms in total. The van der Waals surface area contributed by atoms with Crippen molar-refractivity contribution in [2.24, 2.45) is 0 Å². The molecule has 1 saturated heterocycles. The number of hydrogen-bond donors (Lipinski definition) is 0. The second-order valence-electron chi connectivity index (χ2n) is 5.63. The fourth-order valence-electron chi connectivity index (χ4n) is 3.01. The molecule has 3 rings (SSSR count). The van der Waals surface area contributed by atoms with Gasteiger partial charge in [0.15, 0.2) is 0 Å². The summed E-state index contributed by atoms with van der Waals surface area (Å²) in [6.45, 7) is 6.08. The normalized spacial score (nSPS) is 23.4. The molecule has 112 valence electrons. The minimum Gasteiger partial charge on any atom is -0.425 e. The summed E-state index contributed by atoms with van der Waals surface area (Å²) in [7, 11) is 0. The molecule has 2 atom stereocenters. The van der Waals surface area contributed by atoms with Crippen molar-refractivity contribution in [1.29, 1.82) is 0 Å². The van der Waals surface area contributed by atoms with E-state index in [2.05, 4.69) is 49.0 Å². The Morgan fingerprint density at radius 3 is 2.95 bits per heavy atom. The molecule has 0 unspecified atom stereocenters. The molecule has 0 spiro atoms. The molecular weight excluding hydrogens is 332 g/mol. The first-order valence-corrected chi connectivity index (χ1v) is 8.06. The molecule has 1 aliphatic rings. The Labute approximate surface area is 132 Å². The molecule has 0 amide bonds. The topological polar surface area (TPSA) is 55.1 Å². The molecule has 2 aromatic heterocycles. The van der Waals surface area contributed by atoms with Crippen LogP contribution in [0.4, 0.5) is 0 Å². The van der Waals surface area contributed by atoms with E-state index in [1.54, 1.807) is 0 Å². The summed E-state index contributed by atoms with van der Waals surface area (Å²) in [4.78, 5) is 6.71. The molecule has 0 aliphatic carbocycles. The zero-order valence-electron chi connectivity index (χ0n) is 12.3. The summed E-state index contributed by atoms with van der Waals surface area (Å²) in [6, 6.07) is 2.51. The van der Waals surface area contributed by atoms with E-state index in [1.165, 1.54) is 5.56 Å². The number of piperidine rings is 1. The summed E-state index contributed by atoms with van der Waals surface area (Å²) < 4.78 is 6.66. The van der Waals surface area contributed by atoms with Crippen LogP contribution in [0.5, 0.6) is 0 Å². The van der Waals surface area contributed by atoms with E-state index in [4.69, 9.17) is 4.42 Å². The zero-order chi connectivity index (χ0) is 14.8. The van der Waals surface area contributed by atoms with Crippen molar-refractivity contribution in [1.82, 2.24) is 20.1 Å². The highest BCUT2D eigenvalue weighted by Crippen LogP contribution is 2.32. The highest BCUT2D eigenvalue weighted by Gasteiger charge is 2.32. The summed E-state index contributed by atoms with van der Waals surface area (Å²) >= 11 is 3.48. The smallest absolute Gasteiger partial charge is 0.221 e. The quantitative estimate of drug-likeness (QED) is 0.849. The summed E-state index contributed by atoms with van der Waals surface area (Å²) in [5.41, 5.74) is 1.22. The lowest BCUT2D eigenvalue weighted by molar-refractivity contribution is 0.118. The fourth-order valence-corrected chi connectivity index (χ4v) is 3.42. The Balaban J connectivity index is 1.74. The van der Waals surface area contributed by atoms with Gasteiger partial charge in [-0.1, -0.05) is 0 Å². The predicted molar refractivity (Wildman–Crippen MR) is 82.8 cm³/mol. The SMILES string of the molecule is Cc1nnc([C@H]2CCCN(Cc3cncc(Br)c3)[C@H]2C)o1. The molecule has 0 radical (unpaired) electrons. The molecule has 0 saturated carbocycles. The van der Waals surface area contributed by atoms with Crippen LogP contribution < -0.4 is 0 Å². The Kier molecular flexibility index (Phi) is 4.35. The number of aryl methyl sites for hydroxylation is 1. The molecule has 3 heterocycles. The highest BCUT2D eigenvalue weighted by molar-refractivity contribution is 9.10. The average Bonchev–Trinajstić information content (AvgIpc) is 2.88. The minimum absolute atomic E-state index is 0.320. The summed E-state index contributed by atoms with van der Waals surface area (Å²) in [5.74, 6) is 1.74. The lowest BCUT2D eigenvalue weighted by atomic mass is 9.90. The maximum atomic E-state index is 5.64. The van der Waals surface area contributed by atoms with Crippen LogP contribution in [0.15, 0.2) is 27.3 Å². The lowest BCUT2D eigenvalue weighted by Crippen LogP contribution is -2.41. The summed E-state index contributed by atoms with van der Waals surface area (Å²) in [6.07, 6.45) is 6.00. The maximum absolute atomic E-state index is 5.64. The van der Waals surface area contributed by atoms with E-state index in [0.717, 1.165) is 36.3 Å². The monoisotopic (exact) mass is 350 g/mol. The van der Waals surface area contributed by atoms with Gasteiger partial charge in [-0.05, 0) is 53.9 Å². The van der Waals surface area contributed by atoms with E-state index >= 15 is 0 Å². The number of hydrogen-bond acceptors (Lipinski definition) is 5. The van der Waals surface area contributed by atoms with Gasteiger partial charge in [0, 0.05) is 36.4 Å². The van der Waals surface area contributed by atoms with Gasteiger partial charge < -0.3 is 4.42 Å². The van der Waals surface area contributed by atoms with E-state index < -0.39 is 0 Å². The van der Waals surface area contributed by atoms with Gasteiger partial charge in [0.25, 0.3) is 0 Å². The van der Waals surface area contributed by atoms with Gasteiger partial charge in [-0.25, -0.2) is 0 Å². The van der Waals surface area contributed by atoms with Gasteiger partial charge >= 0.3 is 0 Å². The Morgan fingerprint density at radius 2 is 2.24 bits per heavy atom. The molecule has 0 aromatic carbocycles. The molecular formula is C15H19BrN4O. The van der Waals surface area contributed by atoms with Gasteiger partial charge in [-0.15, -0.1) is 10.2 Å². The fraction of sp³-hybridized carbons (Fsp3) is 0.533. The van der Waals surface area contributed by atoms with Gasteiger partial charge in [-0.2, -0.15) is 0 Å². The third-order valence-corrected chi connectivity index (χ3v) is 4.56. The first-order valence-electron chi connectivity index (χ1n) is 7.27. The predicted octanol–water partition coefficient (Wildman–Crippen LogP) is 3.30. The molecule has 2 aromatic rings. The van der Waals surface area contributed by atoms with Crippen LogP contribution in [-0.4, -0.2) is 32.7 Å². The molecule has 0 bridgehead atoms. The van der Waals surface area contributed by atoms with Crippen molar-refractivity contribution in [3.05, 3.63) is 40.3 Å². The number of rotatable bonds is 3. The number of aromatic nitrogens is 3. The van der Waals surface area contributed by atoms with Crippen molar-refractivity contribution >= 4 is 15.9 Å². The van der Waals surface area contributed by atoms with Crippen LogP contribution in [0, 0.1) is 6.92 Å². The Bertz CT molecular complexity index is 615. The first kappa shape index (κ1) is 14.7. The highest BCUT2D eigenvalue weighted by atomic mass is 79.9. The van der Waals surface area contributed by atoms with Gasteiger partial charge in [0.1, 0.15) is 0 Å². The van der Waals surface area contributed by atoms with Crippen LogP contribution in [0.1, 0.15) is 43.0 Å². The lowest BCUT2D eigenvalue weighted by Gasteiger charge is -2.37. The average molecular weight is 351 g/mol. The van der Waals surface area contributed by atoms with Crippen molar-refractivity contribution in [3.8, 4) is 0 Å². The van der Waals surface area contributed by atoms with E-state index in [9.17, 15) is 0 Å². The maximum Gasteiger partial charge on any atom is 0.221 e. The van der Waals surface area contributed by atoms with E-state index in [1.807, 2.05) is 19.3 Å². The van der Waals surface area contributed by atoms with Gasteiger partial charge in [-0.3, -0.25) is 9.88 Å². The van der Waals surface area contributed by atoms with Gasteiger partial charge in [0.05, 0.1) is 5.92 Å². The van der Waals surface area contributed by atoms with Crippen LogP contribution >= 0.6 is 15.9 Å². The molecule has 21 heavy (non-hydrogen) atoms. The largest absolute Gasteiger partial charge is 0.425 e. The van der Waals surface area contributed by atoms with Crippen LogP contribution in [0.2, 0.25) is 0 Å². The molecule has 1 fully saturated rings. The van der Waals surface area contributed by atoms with Crippen molar-refractivity contribution in [2.75, 3.05) is 6.54 Å². The van der Waals surface area contributed by atoms with Crippen molar-refractivity contribution < 1.29 is 4.42 Å². The Hall–Kier alpha value is -1.27. The van der Waals surface area contributed by atoms with Crippen LogP contribution in [0.3, 0.4) is 0 Å². The third-order valence-electron chi connectivity index (χ3n) is 4.12. The van der Waals surface area contributed by atoms with Crippen LogP contribution in [0.25, 0.3) is 0 Å².